The molecule has 0 radical (unpaired) electrons. The second-order valence-corrected chi connectivity index (χ2v) is 9.58. The Kier molecular flexibility index (Phi) is 6.03. The number of halogens is 2. The van der Waals surface area contributed by atoms with Crippen molar-refractivity contribution in [2.45, 2.75) is 19.3 Å². The van der Waals surface area contributed by atoms with Crippen LogP contribution < -0.4 is 9.62 Å². The highest BCUT2D eigenvalue weighted by Gasteiger charge is 2.24. The number of aromatic nitrogens is 4. The minimum absolute atomic E-state index is 0.0831. The van der Waals surface area contributed by atoms with Crippen LogP contribution in [0, 0.1) is 17.2 Å². The van der Waals surface area contributed by atoms with Gasteiger partial charge in [0.1, 0.15) is 11.8 Å². The first-order valence-corrected chi connectivity index (χ1v) is 11.9. The zero-order valence-electron chi connectivity index (χ0n) is 17.2. The number of pyridine rings is 1. The summed E-state index contributed by atoms with van der Waals surface area (Å²) in [5, 5.41) is 13.6. The summed E-state index contributed by atoms with van der Waals surface area (Å²) in [7, 11) is -3.29. The molecule has 0 bridgehead atoms. The van der Waals surface area contributed by atoms with E-state index >= 15 is 0 Å². The van der Waals surface area contributed by atoms with Crippen LogP contribution in [0.5, 0.6) is 0 Å². The van der Waals surface area contributed by atoms with Gasteiger partial charge in [0.15, 0.2) is 11.3 Å². The number of hydrogen-bond acceptors (Lipinski definition) is 7. The molecule has 0 aromatic carbocycles. The molecule has 1 N–H and O–H groups in total. The molecule has 9 nitrogen and oxygen atoms in total. The molecule has 1 atom stereocenters. The molecule has 168 valence electrons. The lowest BCUT2D eigenvalue weighted by Crippen LogP contribution is -2.41. The highest BCUT2D eigenvalue weighted by Crippen LogP contribution is 2.30. The number of hydrogen-bond donors (Lipinski definition) is 1. The van der Waals surface area contributed by atoms with Crippen molar-refractivity contribution >= 4 is 21.4 Å². The molecule has 3 aromatic heterocycles. The summed E-state index contributed by atoms with van der Waals surface area (Å²) in [4.78, 5) is 10.5. The SMILES string of the molecule is CS(=O)(=O)NCC1CCCN(c2cc(-c3cnc4ccc(C(F)F)nn34)cnc2C#N)C1. The quantitative estimate of drug-likeness (QED) is 0.599. The third-order valence-corrected chi connectivity index (χ3v) is 6.06. The summed E-state index contributed by atoms with van der Waals surface area (Å²) in [6.45, 7) is 1.57. The fourth-order valence-electron chi connectivity index (χ4n) is 3.84. The van der Waals surface area contributed by atoms with Gasteiger partial charge in [-0.25, -0.2) is 36.4 Å². The average Bonchev–Trinajstić information content (AvgIpc) is 3.20. The maximum atomic E-state index is 13.1. The minimum atomic E-state index is -3.29. The van der Waals surface area contributed by atoms with Crippen molar-refractivity contribution in [1.29, 1.82) is 5.26 Å². The molecule has 3 aromatic rings. The summed E-state index contributed by atoms with van der Waals surface area (Å²) < 4.78 is 53.0. The molecule has 0 saturated carbocycles. The Morgan fingerprint density at radius 3 is 2.84 bits per heavy atom. The van der Waals surface area contributed by atoms with Crippen LogP contribution in [-0.4, -0.2) is 53.9 Å². The second-order valence-electron chi connectivity index (χ2n) is 7.75. The summed E-state index contributed by atoms with van der Waals surface area (Å²) in [5.41, 5.74) is 1.96. The lowest BCUT2D eigenvalue weighted by Gasteiger charge is -2.34. The number of nitrogens with one attached hydrogen (secondary N) is 1. The average molecular weight is 461 g/mol. The zero-order chi connectivity index (χ0) is 22.9. The van der Waals surface area contributed by atoms with E-state index in [0.29, 0.717) is 42.2 Å². The van der Waals surface area contributed by atoms with E-state index in [1.54, 1.807) is 6.07 Å². The Morgan fingerprint density at radius 2 is 2.12 bits per heavy atom. The Morgan fingerprint density at radius 1 is 1.31 bits per heavy atom. The molecule has 32 heavy (non-hydrogen) atoms. The molecular formula is C20H21F2N7O2S. The van der Waals surface area contributed by atoms with E-state index in [1.807, 2.05) is 4.90 Å². The molecule has 0 aliphatic carbocycles. The van der Waals surface area contributed by atoms with Crippen LogP contribution in [0.2, 0.25) is 0 Å². The molecule has 12 heteroatoms. The van der Waals surface area contributed by atoms with Gasteiger partial charge in [-0.05, 0) is 37.0 Å². The Labute approximate surface area is 183 Å². The van der Waals surface area contributed by atoms with E-state index in [1.165, 1.54) is 29.0 Å². The van der Waals surface area contributed by atoms with Crippen LogP contribution in [0.15, 0.2) is 30.6 Å². The first-order chi connectivity index (χ1) is 15.2. The van der Waals surface area contributed by atoms with E-state index in [0.717, 1.165) is 19.1 Å². The standard InChI is InChI=1S/C20H21F2N7O2S/c1-32(30,31)26-9-13-3-2-6-28(12-13)17-7-14(10-24-16(17)8-23)18-11-25-19-5-4-15(20(21)22)27-29(18)19/h4-5,7,10-11,13,20,26H,2-3,6,9,12H2,1H3. The molecular weight excluding hydrogens is 440 g/mol. The molecule has 1 fully saturated rings. The van der Waals surface area contributed by atoms with Crippen molar-refractivity contribution in [3.63, 3.8) is 0 Å². The Hall–Kier alpha value is -3.17. The maximum Gasteiger partial charge on any atom is 0.282 e. The highest BCUT2D eigenvalue weighted by molar-refractivity contribution is 7.88. The Balaban J connectivity index is 1.67. The minimum Gasteiger partial charge on any atom is -0.369 e. The normalized spacial score (nSPS) is 17.1. The number of imidazole rings is 1. The number of fused-ring (bicyclic) bond motifs is 1. The first-order valence-electron chi connectivity index (χ1n) is 9.98. The van der Waals surface area contributed by atoms with Crippen LogP contribution >= 0.6 is 0 Å². The predicted molar refractivity (Wildman–Crippen MR) is 114 cm³/mol. The largest absolute Gasteiger partial charge is 0.369 e. The smallest absolute Gasteiger partial charge is 0.282 e. The van der Waals surface area contributed by atoms with E-state index in [2.05, 4.69) is 25.9 Å². The topological polar surface area (TPSA) is 116 Å². The summed E-state index contributed by atoms with van der Waals surface area (Å²) in [6.07, 6.45) is 3.13. The third-order valence-electron chi connectivity index (χ3n) is 5.37. The zero-order valence-corrected chi connectivity index (χ0v) is 18.1. The number of nitrogens with zero attached hydrogens (tertiary/aromatic N) is 6. The van der Waals surface area contributed by atoms with Gasteiger partial charge < -0.3 is 4.90 Å². The van der Waals surface area contributed by atoms with Gasteiger partial charge >= 0.3 is 0 Å². The molecule has 0 amide bonds. The monoisotopic (exact) mass is 461 g/mol. The van der Waals surface area contributed by atoms with Crippen molar-refractivity contribution < 1.29 is 17.2 Å². The van der Waals surface area contributed by atoms with Gasteiger partial charge in [-0.3, -0.25) is 0 Å². The van der Waals surface area contributed by atoms with Gasteiger partial charge in [0, 0.05) is 31.4 Å². The molecule has 1 unspecified atom stereocenters. The highest BCUT2D eigenvalue weighted by atomic mass is 32.2. The van der Waals surface area contributed by atoms with E-state index in [9.17, 15) is 22.5 Å². The van der Waals surface area contributed by atoms with Gasteiger partial charge in [0.25, 0.3) is 6.43 Å². The molecule has 4 rings (SSSR count). The summed E-state index contributed by atoms with van der Waals surface area (Å²) in [6, 6.07) is 6.58. The van der Waals surface area contributed by atoms with Crippen LogP contribution in [0.1, 0.15) is 30.7 Å². The predicted octanol–water partition coefficient (Wildman–Crippen LogP) is 2.37. The molecule has 1 saturated heterocycles. The number of piperidine rings is 1. The molecule has 1 aliphatic heterocycles. The van der Waals surface area contributed by atoms with Gasteiger partial charge in [0.2, 0.25) is 10.0 Å². The van der Waals surface area contributed by atoms with Crippen molar-refractivity contribution in [3.05, 3.63) is 42.0 Å². The first kappa shape index (κ1) is 22.0. The van der Waals surface area contributed by atoms with Crippen molar-refractivity contribution in [1.82, 2.24) is 24.3 Å². The van der Waals surface area contributed by atoms with Crippen LogP contribution in [0.25, 0.3) is 16.9 Å². The van der Waals surface area contributed by atoms with Crippen molar-refractivity contribution in [2.24, 2.45) is 5.92 Å². The number of nitriles is 1. The number of alkyl halides is 2. The number of sulfonamides is 1. The second kappa shape index (κ2) is 8.76. The maximum absolute atomic E-state index is 13.1. The van der Waals surface area contributed by atoms with Gasteiger partial charge in [-0.2, -0.15) is 10.4 Å². The van der Waals surface area contributed by atoms with Crippen LogP contribution in [0.3, 0.4) is 0 Å². The van der Waals surface area contributed by atoms with Crippen LogP contribution in [0.4, 0.5) is 14.5 Å². The van der Waals surface area contributed by atoms with Crippen LogP contribution in [-0.2, 0) is 10.0 Å². The third kappa shape index (κ3) is 4.68. The fourth-order valence-corrected chi connectivity index (χ4v) is 4.38. The number of anilines is 1. The lowest BCUT2D eigenvalue weighted by atomic mass is 9.97. The van der Waals surface area contributed by atoms with E-state index in [-0.39, 0.29) is 17.3 Å². The van der Waals surface area contributed by atoms with Gasteiger partial charge in [-0.1, -0.05) is 0 Å². The molecule has 0 spiro atoms. The number of rotatable bonds is 6. The summed E-state index contributed by atoms with van der Waals surface area (Å²) in [5.74, 6) is 0.0831. The van der Waals surface area contributed by atoms with E-state index in [4.69, 9.17) is 0 Å². The lowest BCUT2D eigenvalue weighted by molar-refractivity contribution is 0.144. The van der Waals surface area contributed by atoms with Crippen molar-refractivity contribution in [2.75, 3.05) is 30.8 Å². The van der Waals surface area contributed by atoms with E-state index < -0.39 is 16.4 Å². The van der Waals surface area contributed by atoms with Gasteiger partial charge in [0.05, 0.1) is 23.8 Å². The molecule has 4 heterocycles. The fraction of sp³-hybridized carbons (Fsp3) is 0.400. The molecule has 1 aliphatic rings. The van der Waals surface area contributed by atoms with Gasteiger partial charge in [-0.15, -0.1) is 0 Å². The van der Waals surface area contributed by atoms with Crippen molar-refractivity contribution in [3.8, 4) is 17.3 Å². The Bertz CT molecular complexity index is 1290. The summed E-state index contributed by atoms with van der Waals surface area (Å²) >= 11 is 0.